The fourth-order valence-corrected chi connectivity index (χ4v) is 6.30. The van der Waals surface area contributed by atoms with E-state index in [1.54, 1.807) is 55.5 Å². The molecule has 0 bridgehead atoms. The molecule has 0 radical (unpaired) electrons. The molecule has 0 aliphatic heterocycles. The van der Waals surface area contributed by atoms with Crippen LogP contribution < -0.4 is 14.4 Å². The summed E-state index contributed by atoms with van der Waals surface area (Å²) in [5, 5.41) is 3.26. The van der Waals surface area contributed by atoms with Gasteiger partial charge in [-0.15, -0.1) is 0 Å². The predicted octanol–water partition coefficient (Wildman–Crippen LogP) is 5.56. The topological polar surface area (TPSA) is 96.0 Å². The Morgan fingerprint density at radius 2 is 1.68 bits per heavy atom. The van der Waals surface area contributed by atoms with Crippen molar-refractivity contribution in [3.63, 3.8) is 0 Å². The lowest BCUT2D eigenvalue weighted by molar-refractivity contribution is -0.139. The Morgan fingerprint density at radius 1 is 1.02 bits per heavy atom. The maximum Gasteiger partial charge on any atom is 0.264 e. The van der Waals surface area contributed by atoms with E-state index in [-0.39, 0.29) is 23.4 Å². The lowest BCUT2D eigenvalue weighted by atomic mass is 10.1. The van der Waals surface area contributed by atoms with Crippen LogP contribution in [0.5, 0.6) is 5.75 Å². The minimum Gasteiger partial charge on any atom is -0.496 e. The van der Waals surface area contributed by atoms with Gasteiger partial charge in [0.15, 0.2) is 0 Å². The van der Waals surface area contributed by atoms with Crippen LogP contribution in [-0.4, -0.2) is 50.9 Å². The lowest BCUT2D eigenvalue weighted by Crippen LogP contribution is -2.52. The monoisotopic (exact) mass is 649 g/mol. The van der Waals surface area contributed by atoms with E-state index in [1.807, 2.05) is 20.8 Å². The van der Waals surface area contributed by atoms with Crippen LogP contribution in [0.4, 0.5) is 5.69 Å². The molecular weight excluding hydrogens is 618 g/mol. The number of nitrogens with one attached hydrogen (secondary N) is 1. The van der Waals surface area contributed by atoms with E-state index in [9.17, 15) is 18.0 Å². The van der Waals surface area contributed by atoms with Crippen LogP contribution in [0, 0.1) is 6.92 Å². The Balaban J connectivity index is 2.06. The standard InChI is InChI=1S/C29H33BrClN3O5S/c1-19(2)32-29(36)21(4)33(17-22-8-6-7-9-26(22)31)28(35)18-34(23-12-10-20(3)11-13-23)40(37,38)24-14-15-27(39-5)25(30)16-24/h6-16,19,21H,17-18H2,1-5H3,(H,32,36)/t21-/m1/s1. The number of aryl methyl sites for hydroxylation is 1. The second kappa shape index (κ2) is 13.5. The molecule has 1 atom stereocenters. The summed E-state index contributed by atoms with van der Waals surface area (Å²) >= 11 is 9.74. The fourth-order valence-electron chi connectivity index (χ4n) is 3.97. The summed E-state index contributed by atoms with van der Waals surface area (Å²) in [5.74, 6) is -0.463. The molecule has 3 aromatic carbocycles. The van der Waals surface area contributed by atoms with E-state index in [1.165, 1.54) is 30.2 Å². The molecule has 11 heteroatoms. The Labute approximate surface area is 249 Å². The molecule has 2 amide bonds. The van der Waals surface area contributed by atoms with Gasteiger partial charge in [0, 0.05) is 17.6 Å². The van der Waals surface area contributed by atoms with Gasteiger partial charge < -0.3 is 15.0 Å². The largest absolute Gasteiger partial charge is 0.496 e. The molecule has 0 aliphatic carbocycles. The molecule has 3 aromatic rings. The Hall–Kier alpha value is -3.08. The van der Waals surface area contributed by atoms with E-state index < -0.39 is 28.5 Å². The summed E-state index contributed by atoms with van der Waals surface area (Å²) in [6.07, 6.45) is 0. The average molecular weight is 651 g/mol. The second-order valence-corrected chi connectivity index (χ2v) is 12.7. The first kappa shape index (κ1) is 31.4. The van der Waals surface area contributed by atoms with Crippen LogP contribution in [0.15, 0.2) is 76.1 Å². The Bertz CT molecular complexity index is 1460. The molecule has 0 spiro atoms. The van der Waals surface area contributed by atoms with Crippen LogP contribution in [-0.2, 0) is 26.2 Å². The highest BCUT2D eigenvalue weighted by Crippen LogP contribution is 2.31. The van der Waals surface area contributed by atoms with E-state index in [2.05, 4.69) is 21.2 Å². The van der Waals surface area contributed by atoms with Crippen LogP contribution in [0.3, 0.4) is 0 Å². The lowest BCUT2D eigenvalue weighted by Gasteiger charge is -2.32. The highest BCUT2D eigenvalue weighted by atomic mass is 79.9. The van der Waals surface area contributed by atoms with Gasteiger partial charge in [0.05, 0.1) is 22.2 Å². The summed E-state index contributed by atoms with van der Waals surface area (Å²) < 4.78 is 34.7. The maximum absolute atomic E-state index is 14.0. The number of sulfonamides is 1. The van der Waals surface area contributed by atoms with Gasteiger partial charge in [-0.3, -0.25) is 13.9 Å². The minimum atomic E-state index is -4.22. The van der Waals surface area contributed by atoms with E-state index >= 15 is 0 Å². The Morgan fingerprint density at radius 3 is 2.25 bits per heavy atom. The quantitative estimate of drug-likeness (QED) is 0.293. The summed E-state index contributed by atoms with van der Waals surface area (Å²) in [7, 11) is -2.73. The molecule has 0 aliphatic rings. The first-order chi connectivity index (χ1) is 18.8. The molecule has 3 rings (SSSR count). The number of anilines is 1. The number of methoxy groups -OCH3 is 1. The van der Waals surface area contributed by atoms with Crippen LogP contribution >= 0.6 is 27.5 Å². The number of rotatable bonds is 11. The predicted molar refractivity (Wildman–Crippen MR) is 161 cm³/mol. The van der Waals surface area contributed by atoms with Crippen molar-refractivity contribution in [3.8, 4) is 5.75 Å². The SMILES string of the molecule is COc1ccc(S(=O)(=O)N(CC(=O)N(Cc2ccccc2Cl)[C@H](C)C(=O)NC(C)C)c2ccc(C)cc2)cc1Br. The van der Waals surface area contributed by atoms with Crippen molar-refractivity contribution in [2.24, 2.45) is 0 Å². The number of carbonyl (C=O) groups excluding carboxylic acids is 2. The number of hydrogen-bond acceptors (Lipinski definition) is 5. The number of benzene rings is 3. The molecule has 0 saturated carbocycles. The first-order valence-corrected chi connectivity index (χ1v) is 15.2. The highest BCUT2D eigenvalue weighted by Gasteiger charge is 2.33. The van der Waals surface area contributed by atoms with Crippen molar-refractivity contribution in [1.29, 1.82) is 0 Å². The average Bonchev–Trinajstić information content (AvgIpc) is 2.90. The zero-order chi connectivity index (χ0) is 29.6. The van der Waals surface area contributed by atoms with Gasteiger partial charge in [-0.1, -0.05) is 47.5 Å². The van der Waals surface area contributed by atoms with Gasteiger partial charge in [-0.2, -0.15) is 0 Å². The summed E-state index contributed by atoms with van der Waals surface area (Å²) in [6, 6.07) is 17.2. The third-order valence-electron chi connectivity index (χ3n) is 6.21. The summed E-state index contributed by atoms with van der Waals surface area (Å²) in [5.41, 5.74) is 1.87. The molecule has 8 nitrogen and oxygen atoms in total. The molecule has 0 aromatic heterocycles. The third kappa shape index (κ3) is 7.56. The molecule has 0 unspecified atom stereocenters. The minimum absolute atomic E-state index is 0.0149. The fraction of sp³-hybridized carbons (Fsp3) is 0.310. The molecule has 0 saturated heterocycles. The van der Waals surface area contributed by atoms with Crippen molar-refractivity contribution < 1.29 is 22.7 Å². The van der Waals surface area contributed by atoms with Gasteiger partial charge in [-0.25, -0.2) is 8.42 Å². The third-order valence-corrected chi connectivity index (χ3v) is 8.97. The maximum atomic E-state index is 14.0. The van der Waals surface area contributed by atoms with Crippen LogP contribution in [0.1, 0.15) is 31.9 Å². The van der Waals surface area contributed by atoms with E-state index in [0.29, 0.717) is 26.5 Å². The normalized spacial score (nSPS) is 12.1. The van der Waals surface area contributed by atoms with Crippen molar-refractivity contribution in [2.45, 2.75) is 51.2 Å². The zero-order valence-electron chi connectivity index (χ0n) is 23.0. The number of hydrogen-bond donors (Lipinski definition) is 1. The zero-order valence-corrected chi connectivity index (χ0v) is 26.2. The van der Waals surface area contributed by atoms with Crippen molar-refractivity contribution >= 4 is 55.1 Å². The summed E-state index contributed by atoms with van der Waals surface area (Å²) in [6.45, 7) is 6.61. The highest BCUT2D eigenvalue weighted by molar-refractivity contribution is 9.10. The first-order valence-electron chi connectivity index (χ1n) is 12.6. The molecule has 0 heterocycles. The number of nitrogens with zero attached hydrogens (tertiary/aromatic N) is 2. The van der Waals surface area contributed by atoms with Crippen molar-refractivity contribution in [1.82, 2.24) is 10.2 Å². The van der Waals surface area contributed by atoms with Crippen molar-refractivity contribution in [2.75, 3.05) is 18.0 Å². The van der Waals surface area contributed by atoms with E-state index in [0.717, 1.165) is 9.87 Å². The molecule has 1 N–H and O–H groups in total. The molecule has 40 heavy (non-hydrogen) atoms. The number of ether oxygens (including phenoxy) is 1. The number of halogens is 2. The smallest absolute Gasteiger partial charge is 0.264 e. The number of amides is 2. The van der Waals surface area contributed by atoms with E-state index in [4.69, 9.17) is 16.3 Å². The van der Waals surface area contributed by atoms with Crippen LogP contribution in [0.25, 0.3) is 0 Å². The van der Waals surface area contributed by atoms with Gasteiger partial charge in [0.2, 0.25) is 11.8 Å². The molecule has 0 fully saturated rings. The summed E-state index contributed by atoms with van der Waals surface area (Å²) in [4.78, 5) is 28.3. The Kier molecular flexibility index (Phi) is 10.6. The van der Waals surface area contributed by atoms with Crippen molar-refractivity contribution in [3.05, 3.63) is 87.4 Å². The van der Waals surface area contributed by atoms with Gasteiger partial charge in [-0.05, 0) is 85.6 Å². The second-order valence-electron chi connectivity index (χ2n) is 9.60. The van der Waals surface area contributed by atoms with Crippen LogP contribution in [0.2, 0.25) is 5.02 Å². The number of carbonyl (C=O) groups is 2. The van der Waals surface area contributed by atoms with Gasteiger partial charge >= 0.3 is 0 Å². The molecule has 214 valence electrons. The van der Waals surface area contributed by atoms with Gasteiger partial charge in [0.1, 0.15) is 18.3 Å². The molecular formula is C29H33BrClN3O5S. The van der Waals surface area contributed by atoms with Gasteiger partial charge in [0.25, 0.3) is 10.0 Å².